The van der Waals surface area contributed by atoms with Crippen LogP contribution in [0.25, 0.3) is 0 Å². The molecule has 122 valence electrons. The Balaban J connectivity index is 1.90. The Morgan fingerprint density at radius 2 is 2.22 bits per heavy atom. The number of amides is 1. The summed E-state index contributed by atoms with van der Waals surface area (Å²) < 4.78 is 6.23. The van der Waals surface area contributed by atoms with Crippen LogP contribution in [0.4, 0.5) is 5.69 Å². The minimum atomic E-state index is -0.779. The number of nitrogens with zero attached hydrogens (tertiary/aromatic N) is 3. The molecule has 23 heavy (non-hydrogen) atoms. The van der Waals surface area contributed by atoms with Crippen LogP contribution in [0.3, 0.4) is 0 Å². The van der Waals surface area contributed by atoms with Crippen LogP contribution in [0.15, 0.2) is 29.8 Å². The average molecular weight is 337 g/mol. The third kappa shape index (κ3) is 4.16. The summed E-state index contributed by atoms with van der Waals surface area (Å²) in [5.41, 5.74) is -0.189. The lowest BCUT2D eigenvalue weighted by atomic mass is 10.4. The molecule has 0 bridgehead atoms. The van der Waals surface area contributed by atoms with Crippen molar-refractivity contribution in [1.29, 1.82) is 0 Å². The molecule has 2 heterocycles. The van der Waals surface area contributed by atoms with Gasteiger partial charge in [-0.05, 0) is 11.4 Å². The number of carbonyl (C=O) groups excluding carboxylic acids is 2. The predicted octanol–water partition coefficient (Wildman–Crippen LogP) is 1.81. The van der Waals surface area contributed by atoms with Gasteiger partial charge in [0.2, 0.25) is 0 Å². The second kappa shape index (κ2) is 7.05. The van der Waals surface area contributed by atoms with Crippen LogP contribution in [-0.4, -0.2) is 39.9 Å². The highest BCUT2D eigenvalue weighted by Gasteiger charge is 2.20. The van der Waals surface area contributed by atoms with Gasteiger partial charge in [-0.15, -0.1) is 11.3 Å². The number of aryl methyl sites for hydroxylation is 1. The number of hydrogen-bond acceptors (Lipinski definition) is 6. The number of ether oxygens (including phenoxy) is 1. The second-order valence-corrected chi connectivity index (χ2v) is 5.89. The maximum absolute atomic E-state index is 11.9. The topological polar surface area (TPSA) is 94.7 Å². The number of aromatic nitrogens is 1. The van der Waals surface area contributed by atoms with E-state index >= 15 is 0 Å². The molecule has 0 N–H and O–H groups in total. The Morgan fingerprint density at radius 3 is 2.78 bits per heavy atom. The van der Waals surface area contributed by atoms with Crippen molar-refractivity contribution in [3.8, 4) is 0 Å². The molecular weight excluding hydrogens is 322 g/mol. The molecule has 0 aliphatic rings. The molecule has 2 aromatic rings. The van der Waals surface area contributed by atoms with Crippen molar-refractivity contribution in [2.24, 2.45) is 7.05 Å². The minimum absolute atomic E-state index is 0.0189. The van der Waals surface area contributed by atoms with Crippen LogP contribution in [-0.2, 0) is 23.1 Å². The molecule has 0 atom stereocenters. The van der Waals surface area contributed by atoms with E-state index in [4.69, 9.17) is 4.74 Å². The van der Waals surface area contributed by atoms with Gasteiger partial charge in [0, 0.05) is 25.0 Å². The van der Waals surface area contributed by atoms with E-state index < -0.39 is 17.5 Å². The normalized spacial score (nSPS) is 10.3. The Kier molecular flexibility index (Phi) is 5.12. The second-order valence-electron chi connectivity index (χ2n) is 4.86. The van der Waals surface area contributed by atoms with Crippen LogP contribution in [0.1, 0.15) is 15.4 Å². The fraction of sp³-hybridized carbons (Fsp3) is 0.286. The molecule has 0 radical (unpaired) electrons. The summed E-state index contributed by atoms with van der Waals surface area (Å²) >= 11 is 1.53. The van der Waals surface area contributed by atoms with Gasteiger partial charge in [0.15, 0.2) is 6.61 Å². The first-order valence-electron chi connectivity index (χ1n) is 6.62. The number of thiophene rings is 1. The van der Waals surface area contributed by atoms with Crippen LogP contribution in [0.2, 0.25) is 0 Å². The van der Waals surface area contributed by atoms with Crippen molar-refractivity contribution in [3.05, 3.63) is 50.5 Å². The lowest BCUT2D eigenvalue weighted by Crippen LogP contribution is -2.30. The van der Waals surface area contributed by atoms with Gasteiger partial charge in [-0.2, -0.15) is 0 Å². The van der Waals surface area contributed by atoms with E-state index in [0.29, 0.717) is 6.54 Å². The maximum atomic E-state index is 11.9. The van der Waals surface area contributed by atoms with E-state index in [1.807, 2.05) is 17.5 Å². The zero-order valence-electron chi connectivity index (χ0n) is 12.6. The van der Waals surface area contributed by atoms with E-state index in [-0.39, 0.29) is 17.3 Å². The maximum Gasteiger partial charge on any atom is 0.355 e. The molecule has 0 fully saturated rings. The van der Waals surface area contributed by atoms with Crippen LogP contribution < -0.4 is 0 Å². The first kappa shape index (κ1) is 16.7. The summed E-state index contributed by atoms with van der Waals surface area (Å²) in [5.74, 6) is -1.13. The summed E-state index contributed by atoms with van der Waals surface area (Å²) in [6, 6.07) is 4.91. The highest BCUT2D eigenvalue weighted by atomic mass is 32.1. The molecule has 0 aromatic carbocycles. The number of rotatable bonds is 6. The third-order valence-electron chi connectivity index (χ3n) is 3.14. The average Bonchev–Trinajstić information content (AvgIpc) is 3.13. The fourth-order valence-corrected chi connectivity index (χ4v) is 2.64. The number of carbonyl (C=O) groups is 2. The van der Waals surface area contributed by atoms with Crippen molar-refractivity contribution >= 4 is 28.9 Å². The van der Waals surface area contributed by atoms with Crippen molar-refractivity contribution in [1.82, 2.24) is 9.47 Å². The smallest absolute Gasteiger partial charge is 0.355 e. The molecule has 0 saturated carbocycles. The monoisotopic (exact) mass is 337 g/mol. The number of likely N-dealkylation sites (N-methyl/N-ethyl adjacent to an activating group) is 1. The predicted molar refractivity (Wildman–Crippen MR) is 83.1 cm³/mol. The van der Waals surface area contributed by atoms with Crippen LogP contribution >= 0.6 is 11.3 Å². The lowest BCUT2D eigenvalue weighted by Gasteiger charge is -2.16. The summed E-state index contributed by atoms with van der Waals surface area (Å²) in [7, 11) is 3.11. The summed E-state index contributed by atoms with van der Waals surface area (Å²) in [4.78, 5) is 36.4. The molecule has 0 aliphatic carbocycles. The Labute approximate surface area is 136 Å². The van der Waals surface area contributed by atoms with Gasteiger partial charge >= 0.3 is 5.97 Å². The first-order valence-corrected chi connectivity index (χ1v) is 7.50. The Morgan fingerprint density at radius 1 is 1.48 bits per heavy atom. The molecule has 9 heteroatoms. The molecule has 1 amide bonds. The summed E-state index contributed by atoms with van der Waals surface area (Å²) in [6.07, 6.45) is 1.21. The number of esters is 1. The van der Waals surface area contributed by atoms with Crippen molar-refractivity contribution < 1.29 is 19.2 Å². The Bertz CT molecular complexity index is 723. The summed E-state index contributed by atoms with van der Waals surface area (Å²) in [6.45, 7) is 0.0172. The zero-order valence-corrected chi connectivity index (χ0v) is 13.4. The fourth-order valence-electron chi connectivity index (χ4n) is 1.89. The summed E-state index contributed by atoms with van der Waals surface area (Å²) in [5, 5.41) is 12.6. The van der Waals surface area contributed by atoms with Gasteiger partial charge in [-0.1, -0.05) is 6.07 Å². The van der Waals surface area contributed by atoms with Crippen LogP contribution in [0.5, 0.6) is 0 Å². The highest BCUT2D eigenvalue weighted by molar-refractivity contribution is 7.09. The van der Waals surface area contributed by atoms with E-state index in [2.05, 4.69) is 0 Å². The van der Waals surface area contributed by atoms with E-state index in [1.54, 1.807) is 7.05 Å². The van der Waals surface area contributed by atoms with Gasteiger partial charge in [0.1, 0.15) is 5.69 Å². The molecule has 0 spiro atoms. The van der Waals surface area contributed by atoms with Gasteiger partial charge in [-0.25, -0.2) is 4.79 Å². The molecule has 2 aromatic heterocycles. The molecule has 8 nitrogen and oxygen atoms in total. The van der Waals surface area contributed by atoms with Crippen molar-refractivity contribution in [2.75, 3.05) is 13.7 Å². The largest absolute Gasteiger partial charge is 0.451 e. The zero-order chi connectivity index (χ0) is 17.0. The molecule has 0 unspecified atom stereocenters. The third-order valence-corrected chi connectivity index (χ3v) is 4.00. The van der Waals surface area contributed by atoms with Gasteiger partial charge in [0.05, 0.1) is 17.7 Å². The minimum Gasteiger partial charge on any atom is -0.451 e. The quantitative estimate of drug-likeness (QED) is 0.455. The highest BCUT2D eigenvalue weighted by Crippen LogP contribution is 2.16. The molecular formula is C14H15N3O5S. The van der Waals surface area contributed by atoms with Crippen LogP contribution in [0, 0.1) is 10.1 Å². The van der Waals surface area contributed by atoms with Crippen molar-refractivity contribution in [3.63, 3.8) is 0 Å². The van der Waals surface area contributed by atoms with E-state index in [1.165, 1.54) is 34.0 Å². The van der Waals surface area contributed by atoms with E-state index in [9.17, 15) is 19.7 Å². The number of nitro groups is 1. The molecule has 0 saturated heterocycles. The molecule has 2 rings (SSSR count). The van der Waals surface area contributed by atoms with Gasteiger partial charge in [0.25, 0.3) is 11.6 Å². The first-order chi connectivity index (χ1) is 10.9. The SMILES string of the molecule is CN(Cc1cccs1)C(=O)COC(=O)c1cc([N+](=O)[O-])cn1C. The van der Waals surface area contributed by atoms with E-state index in [0.717, 1.165) is 10.9 Å². The van der Waals surface area contributed by atoms with Gasteiger partial charge < -0.3 is 14.2 Å². The standard InChI is InChI=1S/C14H15N3O5S/c1-15-7-10(17(20)21)6-12(15)14(19)22-9-13(18)16(2)8-11-4-3-5-23-11/h3-7H,8-9H2,1-2H3. The lowest BCUT2D eigenvalue weighted by molar-refractivity contribution is -0.384. The molecule has 0 aliphatic heterocycles. The Hall–Kier alpha value is -2.68. The van der Waals surface area contributed by atoms with Gasteiger partial charge in [-0.3, -0.25) is 14.9 Å². The number of hydrogen-bond donors (Lipinski definition) is 0. The van der Waals surface area contributed by atoms with Crippen molar-refractivity contribution in [2.45, 2.75) is 6.54 Å².